The number of nitrogens with zero attached hydrogens (tertiary/aromatic N) is 1. The molecule has 0 aliphatic heterocycles. The molecular formula is C17H27BrN4O2S. The van der Waals surface area contributed by atoms with E-state index in [9.17, 15) is 8.42 Å². The van der Waals surface area contributed by atoms with E-state index >= 15 is 0 Å². The van der Waals surface area contributed by atoms with Crippen LogP contribution in [0.5, 0.6) is 0 Å². The second kappa shape index (κ2) is 9.00. The SMILES string of the molecule is CCNC(=NCC1(c2ccc(Br)cc2)CCCC1)NCCS(N)(=O)=O. The van der Waals surface area contributed by atoms with Gasteiger partial charge >= 0.3 is 0 Å². The summed E-state index contributed by atoms with van der Waals surface area (Å²) in [5.41, 5.74) is 1.38. The fourth-order valence-electron chi connectivity index (χ4n) is 3.28. The first kappa shape index (κ1) is 20.2. The van der Waals surface area contributed by atoms with Crippen molar-refractivity contribution in [2.45, 2.75) is 38.0 Å². The van der Waals surface area contributed by atoms with Gasteiger partial charge in [-0.05, 0) is 37.5 Å². The molecule has 4 N–H and O–H groups in total. The molecule has 6 nitrogen and oxygen atoms in total. The van der Waals surface area contributed by atoms with Gasteiger partial charge in [0.1, 0.15) is 0 Å². The van der Waals surface area contributed by atoms with Crippen molar-refractivity contribution in [3.05, 3.63) is 34.3 Å². The summed E-state index contributed by atoms with van der Waals surface area (Å²) in [5.74, 6) is 0.518. The number of sulfonamides is 1. The molecule has 140 valence electrons. The summed E-state index contributed by atoms with van der Waals surface area (Å²) in [5, 5.41) is 11.3. The van der Waals surface area contributed by atoms with Crippen LogP contribution in [-0.4, -0.2) is 39.8 Å². The standard InChI is InChI=1S/C17H27BrN4O2S/c1-2-20-16(21-11-12-25(19,23)24)22-13-17(9-3-4-10-17)14-5-7-15(18)8-6-14/h5-8H,2-4,9-13H2,1H3,(H2,19,23,24)(H2,20,21,22). The smallest absolute Gasteiger partial charge is 0.210 e. The number of hydrogen-bond donors (Lipinski definition) is 3. The number of benzene rings is 1. The lowest BCUT2D eigenvalue weighted by molar-refractivity contribution is 0.452. The average Bonchev–Trinajstić information content (AvgIpc) is 3.02. The molecule has 0 aromatic heterocycles. The van der Waals surface area contributed by atoms with Crippen molar-refractivity contribution < 1.29 is 8.42 Å². The van der Waals surface area contributed by atoms with Crippen molar-refractivity contribution in [2.75, 3.05) is 25.4 Å². The maximum atomic E-state index is 11.1. The first-order valence-corrected chi connectivity index (χ1v) is 11.1. The van der Waals surface area contributed by atoms with Gasteiger partial charge in [0.2, 0.25) is 10.0 Å². The third-order valence-electron chi connectivity index (χ3n) is 4.58. The minimum atomic E-state index is -3.47. The zero-order valence-corrected chi connectivity index (χ0v) is 17.0. The van der Waals surface area contributed by atoms with Crippen LogP contribution in [0, 0.1) is 0 Å². The van der Waals surface area contributed by atoms with Gasteiger partial charge in [-0.3, -0.25) is 4.99 Å². The molecule has 1 aromatic carbocycles. The van der Waals surface area contributed by atoms with Crippen LogP contribution in [0.1, 0.15) is 38.2 Å². The average molecular weight is 431 g/mol. The van der Waals surface area contributed by atoms with Gasteiger partial charge in [-0.15, -0.1) is 0 Å². The minimum Gasteiger partial charge on any atom is -0.357 e. The molecule has 0 amide bonds. The van der Waals surface area contributed by atoms with E-state index < -0.39 is 10.0 Å². The van der Waals surface area contributed by atoms with E-state index in [0.29, 0.717) is 19.0 Å². The molecule has 1 saturated carbocycles. The van der Waals surface area contributed by atoms with Crippen LogP contribution in [0.25, 0.3) is 0 Å². The predicted octanol–water partition coefficient (Wildman–Crippen LogP) is 2.10. The molecule has 0 unspecified atom stereocenters. The Morgan fingerprint density at radius 2 is 1.88 bits per heavy atom. The van der Waals surface area contributed by atoms with E-state index in [2.05, 4.69) is 50.8 Å². The highest BCUT2D eigenvalue weighted by Gasteiger charge is 2.35. The van der Waals surface area contributed by atoms with E-state index in [0.717, 1.165) is 17.3 Å². The van der Waals surface area contributed by atoms with Crippen molar-refractivity contribution in [3.8, 4) is 0 Å². The van der Waals surface area contributed by atoms with Gasteiger partial charge in [-0.1, -0.05) is 40.9 Å². The van der Waals surface area contributed by atoms with Crippen molar-refractivity contribution >= 4 is 31.9 Å². The molecule has 0 atom stereocenters. The van der Waals surface area contributed by atoms with Crippen LogP contribution in [0.4, 0.5) is 0 Å². The molecule has 1 aliphatic rings. The number of nitrogens with two attached hydrogens (primary N) is 1. The van der Waals surface area contributed by atoms with Crippen LogP contribution in [0.2, 0.25) is 0 Å². The zero-order valence-electron chi connectivity index (χ0n) is 14.6. The summed E-state index contributed by atoms with van der Waals surface area (Å²) in [7, 11) is -3.47. The molecule has 0 spiro atoms. The van der Waals surface area contributed by atoms with E-state index in [1.807, 2.05) is 6.92 Å². The highest BCUT2D eigenvalue weighted by atomic mass is 79.9. The molecule has 25 heavy (non-hydrogen) atoms. The Morgan fingerprint density at radius 3 is 2.44 bits per heavy atom. The molecule has 0 saturated heterocycles. The quantitative estimate of drug-likeness (QED) is 0.455. The number of halogens is 1. The van der Waals surface area contributed by atoms with Crippen LogP contribution in [0.3, 0.4) is 0 Å². The summed E-state index contributed by atoms with van der Waals surface area (Å²) in [6.45, 7) is 3.62. The lowest BCUT2D eigenvalue weighted by Gasteiger charge is -2.28. The largest absolute Gasteiger partial charge is 0.357 e. The highest BCUT2D eigenvalue weighted by molar-refractivity contribution is 9.10. The number of guanidine groups is 1. The van der Waals surface area contributed by atoms with E-state index in [1.54, 1.807) is 0 Å². The van der Waals surface area contributed by atoms with Crippen LogP contribution in [-0.2, 0) is 15.4 Å². The Kier molecular flexibility index (Phi) is 7.27. The molecule has 0 radical (unpaired) electrons. The summed E-state index contributed by atoms with van der Waals surface area (Å²) in [6, 6.07) is 8.50. The molecule has 1 aromatic rings. The lowest BCUT2D eigenvalue weighted by Crippen LogP contribution is -2.41. The van der Waals surface area contributed by atoms with Gasteiger partial charge in [0.05, 0.1) is 12.3 Å². The lowest BCUT2D eigenvalue weighted by atomic mass is 9.79. The van der Waals surface area contributed by atoms with E-state index in [1.165, 1.54) is 18.4 Å². The summed E-state index contributed by atoms with van der Waals surface area (Å²) in [6.07, 6.45) is 4.66. The van der Waals surface area contributed by atoms with Crippen molar-refractivity contribution in [2.24, 2.45) is 10.1 Å². The van der Waals surface area contributed by atoms with Gasteiger partial charge in [0.15, 0.2) is 5.96 Å². The van der Waals surface area contributed by atoms with Crippen LogP contribution < -0.4 is 15.8 Å². The second-order valence-corrected chi connectivity index (χ2v) is 9.13. The third kappa shape index (κ3) is 6.27. The molecule has 1 aliphatic carbocycles. The van der Waals surface area contributed by atoms with Crippen LogP contribution >= 0.6 is 15.9 Å². The monoisotopic (exact) mass is 430 g/mol. The Balaban J connectivity index is 2.10. The Morgan fingerprint density at radius 1 is 1.24 bits per heavy atom. The normalized spacial score (nSPS) is 17.5. The summed E-state index contributed by atoms with van der Waals surface area (Å²) < 4.78 is 23.2. The van der Waals surface area contributed by atoms with Crippen molar-refractivity contribution in [1.82, 2.24) is 10.6 Å². The van der Waals surface area contributed by atoms with Gasteiger partial charge in [0.25, 0.3) is 0 Å². The number of nitrogens with one attached hydrogen (secondary N) is 2. The Bertz CT molecular complexity index is 683. The van der Waals surface area contributed by atoms with Crippen molar-refractivity contribution in [3.63, 3.8) is 0 Å². The second-order valence-electron chi connectivity index (χ2n) is 6.48. The summed E-state index contributed by atoms with van der Waals surface area (Å²) >= 11 is 3.49. The molecule has 0 heterocycles. The summed E-state index contributed by atoms with van der Waals surface area (Å²) in [4.78, 5) is 4.73. The fraction of sp³-hybridized carbons (Fsp3) is 0.588. The predicted molar refractivity (Wildman–Crippen MR) is 106 cm³/mol. The maximum absolute atomic E-state index is 11.1. The fourth-order valence-corrected chi connectivity index (χ4v) is 3.93. The number of hydrogen-bond acceptors (Lipinski definition) is 3. The van der Waals surface area contributed by atoms with Gasteiger partial charge in [-0.2, -0.15) is 0 Å². The van der Waals surface area contributed by atoms with Gasteiger partial charge < -0.3 is 10.6 Å². The third-order valence-corrected chi connectivity index (χ3v) is 5.88. The number of primary sulfonamides is 1. The van der Waals surface area contributed by atoms with Crippen LogP contribution in [0.15, 0.2) is 33.7 Å². The highest BCUT2D eigenvalue weighted by Crippen LogP contribution is 2.41. The molecule has 1 fully saturated rings. The number of rotatable bonds is 7. The van der Waals surface area contributed by atoms with Gasteiger partial charge in [0, 0.05) is 23.0 Å². The first-order valence-electron chi connectivity index (χ1n) is 8.63. The minimum absolute atomic E-state index is 0.0585. The molecule has 0 bridgehead atoms. The van der Waals surface area contributed by atoms with E-state index in [4.69, 9.17) is 10.1 Å². The Labute approximate surface area is 158 Å². The number of aliphatic imine (C=N–C) groups is 1. The molecule has 2 rings (SSSR count). The van der Waals surface area contributed by atoms with Crippen molar-refractivity contribution in [1.29, 1.82) is 0 Å². The zero-order chi connectivity index (χ0) is 18.3. The topological polar surface area (TPSA) is 96.6 Å². The van der Waals surface area contributed by atoms with E-state index in [-0.39, 0.29) is 17.7 Å². The van der Waals surface area contributed by atoms with Gasteiger partial charge in [-0.25, -0.2) is 13.6 Å². The Hall–Kier alpha value is -1.12. The molecule has 8 heteroatoms. The first-order chi connectivity index (χ1) is 11.8. The maximum Gasteiger partial charge on any atom is 0.210 e. The molecular weight excluding hydrogens is 404 g/mol.